The van der Waals surface area contributed by atoms with E-state index in [-0.39, 0.29) is 12.2 Å². The zero-order chi connectivity index (χ0) is 12.3. The highest BCUT2D eigenvalue weighted by atomic mass is 35.5. The van der Waals surface area contributed by atoms with Gasteiger partial charge in [-0.1, -0.05) is 19.1 Å². The maximum Gasteiger partial charge on any atom is 0.325 e. The predicted octanol–water partition coefficient (Wildman–Crippen LogP) is 1.86. The van der Waals surface area contributed by atoms with Gasteiger partial charge in [-0.25, -0.2) is 0 Å². The first-order valence-corrected chi connectivity index (χ1v) is 5.30. The Hall–Kier alpha value is -1.26. The number of phenols is 1. The van der Waals surface area contributed by atoms with E-state index in [1.807, 2.05) is 0 Å². The third-order valence-electron chi connectivity index (χ3n) is 2.60. The van der Waals surface area contributed by atoms with Crippen LogP contribution in [0.3, 0.4) is 0 Å². The van der Waals surface area contributed by atoms with Crippen molar-refractivity contribution in [2.45, 2.75) is 24.3 Å². The second kappa shape index (κ2) is 4.72. The summed E-state index contributed by atoms with van der Waals surface area (Å²) in [6.45, 7) is 1.66. The summed E-state index contributed by atoms with van der Waals surface area (Å²) in [5.41, 5.74) is 4.71. The van der Waals surface area contributed by atoms with Crippen molar-refractivity contribution in [2.24, 2.45) is 5.73 Å². The lowest BCUT2D eigenvalue weighted by Gasteiger charge is -2.28. The first-order chi connectivity index (χ1) is 7.41. The monoisotopic (exact) mass is 243 g/mol. The molecule has 0 heterocycles. The van der Waals surface area contributed by atoms with Crippen molar-refractivity contribution in [1.29, 1.82) is 0 Å². The molecule has 0 bridgehead atoms. The van der Waals surface area contributed by atoms with E-state index in [0.717, 1.165) is 0 Å². The number of hydrogen-bond acceptors (Lipinski definition) is 3. The molecule has 1 rings (SSSR count). The molecule has 1 unspecified atom stereocenters. The van der Waals surface area contributed by atoms with E-state index in [9.17, 15) is 9.90 Å². The molecule has 4 nitrogen and oxygen atoms in total. The highest BCUT2D eigenvalue weighted by Crippen LogP contribution is 2.34. The number of phenolic OH excluding ortho intramolecular Hbond substituents is 1. The number of halogens is 1. The summed E-state index contributed by atoms with van der Waals surface area (Å²) in [6, 6.07) is 6.13. The Morgan fingerprint density at radius 3 is 2.69 bits per heavy atom. The van der Waals surface area contributed by atoms with E-state index in [0.29, 0.717) is 5.56 Å². The van der Waals surface area contributed by atoms with Crippen molar-refractivity contribution in [1.82, 2.24) is 0 Å². The van der Waals surface area contributed by atoms with Crippen LogP contribution >= 0.6 is 11.6 Å². The highest BCUT2D eigenvalue weighted by molar-refractivity contribution is 6.23. The Morgan fingerprint density at radius 1 is 1.62 bits per heavy atom. The minimum absolute atomic E-state index is 0.0343. The molecule has 0 aliphatic heterocycles. The highest BCUT2D eigenvalue weighted by Gasteiger charge is 2.40. The summed E-state index contributed by atoms with van der Waals surface area (Å²) >= 11 is 6.06. The Labute approximate surface area is 98.6 Å². The zero-order valence-electron chi connectivity index (χ0n) is 8.85. The van der Waals surface area contributed by atoms with Crippen molar-refractivity contribution >= 4 is 17.6 Å². The van der Waals surface area contributed by atoms with Gasteiger partial charge in [0.1, 0.15) is 11.3 Å². The Kier molecular flexibility index (Phi) is 3.78. The predicted molar refractivity (Wildman–Crippen MR) is 61.5 cm³/mol. The van der Waals surface area contributed by atoms with Crippen molar-refractivity contribution in [2.75, 3.05) is 0 Å². The van der Waals surface area contributed by atoms with Crippen molar-refractivity contribution in [3.05, 3.63) is 29.8 Å². The molecule has 1 aromatic carbocycles. The van der Waals surface area contributed by atoms with Gasteiger partial charge in [0.25, 0.3) is 0 Å². The topological polar surface area (TPSA) is 83.6 Å². The van der Waals surface area contributed by atoms with Gasteiger partial charge in [-0.15, -0.1) is 11.6 Å². The van der Waals surface area contributed by atoms with Gasteiger partial charge in [-0.3, -0.25) is 4.79 Å². The largest absolute Gasteiger partial charge is 0.508 e. The number of alkyl halides is 1. The Morgan fingerprint density at radius 2 is 2.25 bits per heavy atom. The van der Waals surface area contributed by atoms with Crippen molar-refractivity contribution in [3.63, 3.8) is 0 Å². The molecule has 0 aromatic heterocycles. The lowest BCUT2D eigenvalue weighted by Crippen LogP contribution is -2.50. The smallest absolute Gasteiger partial charge is 0.325 e. The van der Waals surface area contributed by atoms with Crippen LogP contribution in [-0.4, -0.2) is 21.7 Å². The van der Waals surface area contributed by atoms with E-state index in [4.69, 9.17) is 22.4 Å². The molecular weight excluding hydrogens is 230 g/mol. The summed E-state index contributed by atoms with van der Waals surface area (Å²) in [5, 5.41) is 17.5. The number of nitrogens with two attached hydrogens (primary N) is 1. The second-order valence-electron chi connectivity index (χ2n) is 3.66. The first kappa shape index (κ1) is 12.8. The standard InChI is InChI=1S/C11H14ClNO3/c1-2-11(13,10(15)16)9(12)7-4-3-5-8(14)6-7/h3-6,9,14H,2,13H2,1H3,(H,15,16)/t9?,11-/m0/s1. The fourth-order valence-corrected chi connectivity index (χ4v) is 1.80. The van der Waals surface area contributed by atoms with E-state index >= 15 is 0 Å². The number of aromatic hydroxyl groups is 1. The molecule has 0 amide bonds. The molecule has 0 spiro atoms. The maximum atomic E-state index is 11.1. The number of rotatable bonds is 4. The quantitative estimate of drug-likeness (QED) is 0.705. The van der Waals surface area contributed by atoms with Crippen LogP contribution in [0.25, 0.3) is 0 Å². The molecule has 0 saturated carbocycles. The average Bonchev–Trinajstić information content (AvgIpc) is 2.26. The molecule has 0 saturated heterocycles. The number of benzene rings is 1. The third kappa shape index (κ3) is 2.28. The summed E-state index contributed by atoms with van der Waals surface area (Å²) in [7, 11) is 0. The van der Waals surface area contributed by atoms with Crippen molar-refractivity contribution in [3.8, 4) is 5.75 Å². The zero-order valence-corrected chi connectivity index (χ0v) is 9.61. The van der Waals surface area contributed by atoms with Crippen LogP contribution in [0.1, 0.15) is 24.3 Å². The average molecular weight is 244 g/mol. The molecule has 1 aromatic rings. The number of hydrogen-bond donors (Lipinski definition) is 3. The number of carbonyl (C=O) groups is 1. The van der Waals surface area contributed by atoms with E-state index in [2.05, 4.69) is 0 Å². The molecule has 4 N–H and O–H groups in total. The third-order valence-corrected chi connectivity index (χ3v) is 3.24. The lowest BCUT2D eigenvalue weighted by atomic mass is 9.88. The van der Waals surface area contributed by atoms with Crippen LogP contribution in [0.15, 0.2) is 24.3 Å². The molecule has 0 aliphatic carbocycles. The molecule has 0 aliphatic rings. The Balaban J connectivity index is 3.09. The van der Waals surface area contributed by atoms with E-state index in [1.165, 1.54) is 12.1 Å². The van der Waals surface area contributed by atoms with Gasteiger partial charge in [0.2, 0.25) is 0 Å². The van der Waals surface area contributed by atoms with Gasteiger partial charge in [0.15, 0.2) is 0 Å². The Bertz CT molecular complexity index is 397. The summed E-state index contributed by atoms with van der Waals surface area (Å²) in [6.07, 6.45) is 0.201. The number of carboxylic acids is 1. The van der Waals surface area contributed by atoms with Crippen LogP contribution in [0.4, 0.5) is 0 Å². The number of carboxylic acid groups (broad SMARTS) is 1. The van der Waals surface area contributed by atoms with Crippen LogP contribution in [0.2, 0.25) is 0 Å². The summed E-state index contributed by atoms with van der Waals surface area (Å²) in [4.78, 5) is 11.1. The molecule has 16 heavy (non-hydrogen) atoms. The molecule has 2 atom stereocenters. The molecule has 5 heteroatoms. The van der Waals surface area contributed by atoms with Crippen LogP contribution < -0.4 is 5.73 Å². The van der Waals surface area contributed by atoms with Gasteiger partial charge < -0.3 is 15.9 Å². The summed E-state index contributed by atoms with van der Waals surface area (Å²) < 4.78 is 0. The molecule has 0 radical (unpaired) electrons. The van der Waals surface area contributed by atoms with E-state index in [1.54, 1.807) is 19.1 Å². The molecule has 88 valence electrons. The van der Waals surface area contributed by atoms with Crippen LogP contribution in [0, 0.1) is 0 Å². The fourth-order valence-electron chi connectivity index (χ4n) is 1.42. The summed E-state index contributed by atoms with van der Waals surface area (Å²) in [5.74, 6) is -1.12. The normalized spacial score (nSPS) is 16.4. The van der Waals surface area contributed by atoms with Gasteiger partial charge >= 0.3 is 5.97 Å². The SMILES string of the molecule is CC[C@@](N)(C(=O)O)C(Cl)c1cccc(O)c1. The maximum absolute atomic E-state index is 11.1. The van der Waals surface area contributed by atoms with Crippen LogP contribution in [0.5, 0.6) is 5.75 Å². The minimum atomic E-state index is -1.53. The van der Waals surface area contributed by atoms with Gasteiger partial charge in [0.05, 0.1) is 5.38 Å². The van der Waals surface area contributed by atoms with Gasteiger partial charge in [0, 0.05) is 0 Å². The number of aliphatic carboxylic acids is 1. The molecule has 0 fully saturated rings. The first-order valence-electron chi connectivity index (χ1n) is 4.87. The van der Waals surface area contributed by atoms with Gasteiger partial charge in [-0.05, 0) is 24.1 Å². The minimum Gasteiger partial charge on any atom is -0.508 e. The second-order valence-corrected chi connectivity index (χ2v) is 4.09. The van der Waals surface area contributed by atoms with Crippen LogP contribution in [-0.2, 0) is 4.79 Å². The van der Waals surface area contributed by atoms with Crippen molar-refractivity contribution < 1.29 is 15.0 Å². The molecular formula is C11H14ClNO3. The lowest BCUT2D eigenvalue weighted by molar-refractivity contribution is -0.143. The van der Waals surface area contributed by atoms with E-state index < -0.39 is 16.9 Å². The fraction of sp³-hybridized carbons (Fsp3) is 0.364. The van der Waals surface area contributed by atoms with Gasteiger partial charge in [-0.2, -0.15) is 0 Å².